The Morgan fingerprint density at radius 2 is 1.95 bits per heavy atom. The predicted molar refractivity (Wildman–Crippen MR) is 75.7 cm³/mol. The molecule has 1 heterocycles. The van der Waals surface area contributed by atoms with Gasteiger partial charge in [-0.05, 0) is 36.2 Å². The maximum absolute atomic E-state index is 13.8. The lowest BCUT2D eigenvalue weighted by molar-refractivity contribution is 0.0791. The summed E-state index contributed by atoms with van der Waals surface area (Å²) >= 11 is 0. The quantitative estimate of drug-likeness (QED) is 0.879. The van der Waals surface area contributed by atoms with Gasteiger partial charge < -0.3 is 10.6 Å². The first-order valence-corrected chi connectivity index (χ1v) is 6.38. The molecule has 0 radical (unpaired) electrons. The van der Waals surface area contributed by atoms with Gasteiger partial charge in [0.2, 0.25) is 0 Å². The van der Waals surface area contributed by atoms with Crippen LogP contribution in [-0.4, -0.2) is 29.4 Å². The van der Waals surface area contributed by atoms with E-state index in [0.29, 0.717) is 13.0 Å². The summed E-state index contributed by atoms with van der Waals surface area (Å²) in [6.45, 7) is 0.374. The normalized spacial score (nSPS) is 10.4. The summed E-state index contributed by atoms with van der Waals surface area (Å²) in [5, 5.41) is 0. The number of nitrogens with two attached hydrogens (primary N) is 1. The molecule has 0 unspecified atom stereocenters. The van der Waals surface area contributed by atoms with Crippen molar-refractivity contribution in [2.24, 2.45) is 0 Å². The highest BCUT2D eigenvalue weighted by Gasteiger charge is 2.19. The molecule has 1 aromatic heterocycles. The number of hydrogen-bond donors (Lipinski definition) is 1. The van der Waals surface area contributed by atoms with E-state index in [0.717, 1.165) is 17.7 Å². The molecule has 2 rings (SSSR count). The summed E-state index contributed by atoms with van der Waals surface area (Å²) in [6, 6.07) is 5.37. The summed E-state index contributed by atoms with van der Waals surface area (Å²) in [7, 11) is 1.53. The van der Waals surface area contributed by atoms with Crippen LogP contribution in [0, 0.1) is 11.6 Å². The largest absolute Gasteiger partial charge is 0.396 e. The first-order valence-electron chi connectivity index (χ1n) is 6.38. The number of benzene rings is 1. The van der Waals surface area contributed by atoms with Crippen molar-refractivity contribution in [2.75, 3.05) is 19.3 Å². The first kappa shape index (κ1) is 14.9. The van der Waals surface area contributed by atoms with E-state index < -0.39 is 17.5 Å². The number of carbonyl (C=O) groups is 1. The molecular formula is C15H15F2N3O. The second kappa shape index (κ2) is 6.30. The smallest absolute Gasteiger partial charge is 0.256 e. The molecule has 0 fully saturated rings. The molecule has 1 amide bonds. The second-order valence-corrected chi connectivity index (χ2v) is 4.69. The molecule has 110 valence electrons. The number of likely N-dealkylation sites (N-methyl/N-ethyl adjacent to an activating group) is 1. The van der Waals surface area contributed by atoms with Crippen molar-refractivity contribution in [2.45, 2.75) is 6.42 Å². The lowest BCUT2D eigenvalue weighted by Crippen LogP contribution is -2.30. The minimum atomic E-state index is -0.892. The van der Waals surface area contributed by atoms with Crippen LogP contribution >= 0.6 is 0 Å². The van der Waals surface area contributed by atoms with Crippen LogP contribution in [0.15, 0.2) is 36.7 Å². The molecule has 0 spiro atoms. The van der Waals surface area contributed by atoms with Gasteiger partial charge in [0.25, 0.3) is 5.91 Å². The summed E-state index contributed by atoms with van der Waals surface area (Å²) in [5.41, 5.74) is 5.60. The first-order chi connectivity index (χ1) is 9.99. The fourth-order valence-electron chi connectivity index (χ4n) is 1.92. The average molecular weight is 291 g/mol. The highest BCUT2D eigenvalue weighted by molar-refractivity contribution is 5.95. The Morgan fingerprint density at radius 1 is 1.29 bits per heavy atom. The van der Waals surface area contributed by atoms with Gasteiger partial charge in [-0.15, -0.1) is 0 Å². The lowest BCUT2D eigenvalue weighted by atomic mass is 10.1. The SMILES string of the molecule is CN(CCc1ccncc1)C(=O)c1cc(F)cc(N)c1F. The molecule has 21 heavy (non-hydrogen) atoms. The van der Waals surface area contributed by atoms with Gasteiger partial charge in [0, 0.05) is 26.0 Å². The van der Waals surface area contributed by atoms with Crippen molar-refractivity contribution in [3.8, 4) is 0 Å². The van der Waals surface area contributed by atoms with Crippen molar-refractivity contribution in [1.82, 2.24) is 9.88 Å². The minimum Gasteiger partial charge on any atom is -0.396 e. The van der Waals surface area contributed by atoms with Gasteiger partial charge in [0.1, 0.15) is 5.82 Å². The van der Waals surface area contributed by atoms with E-state index in [2.05, 4.69) is 4.98 Å². The van der Waals surface area contributed by atoms with Crippen LogP contribution in [0.2, 0.25) is 0 Å². The van der Waals surface area contributed by atoms with Crippen LogP contribution < -0.4 is 5.73 Å². The highest BCUT2D eigenvalue weighted by Crippen LogP contribution is 2.18. The zero-order chi connectivity index (χ0) is 15.4. The number of nitrogen functional groups attached to an aromatic ring is 1. The topological polar surface area (TPSA) is 59.2 Å². The monoisotopic (exact) mass is 291 g/mol. The number of anilines is 1. The van der Waals surface area contributed by atoms with Crippen LogP contribution in [-0.2, 0) is 6.42 Å². The standard InChI is InChI=1S/C15H15F2N3O/c1-20(7-4-10-2-5-19-6-3-10)15(21)12-8-11(16)9-13(18)14(12)17/h2-3,5-6,8-9H,4,7,18H2,1H3. The lowest BCUT2D eigenvalue weighted by Gasteiger charge is -2.18. The van der Waals surface area contributed by atoms with Crippen molar-refractivity contribution in [3.63, 3.8) is 0 Å². The molecule has 0 saturated carbocycles. The molecule has 4 nitrogen and oxygen atoms in total. The third kappa shape index (κ3) is 3.53. The van der Waals surface area contributed by atoms with Gasteiger partial charge in [0.05, 0.1) is 11.3 Å². The zero-order valence-electron chi connectivity index (χ0n) is 11.5. The maximum atomic E-state index is 13.8. The minimum absolute atomic E-state index is 0.357. The molecule has 0 aliphatic heterocycles. The predicted octanol–water partition coefficient (Wildman–Crippen LogP) is 2.26. The Labute approximate surface area is 121 Å². The summed E-state index contributed by atoms with van der Waals surface area (Å²) in [6.07, 6.45) is 3.91. The van der Waals surface area contributed by atoms with E-state index in [-0.39, 0.29) is 11.3 Å². The molecular weight excluding hydrogens is 276 g/mol. The summed E-state index contributed by atoms with van der Waals surface area (Å²) in [5.74, 6) is -2.23. The Bertz CT molecular complexity index is 647. The molecule has 2 aromatic rings. The van der Waals surface area contributed by atoms with Gasteiger partial charge in [-0.25, -0.2) is 8.78 Å². The maximum Gasteiger partial charge on any atom is 0.256 e. The Balaban J connectivity index is 2.09. The van der Waals surface area contributed by atoms with Gasteiger partial charge in [-0.3, -0.25) is 9.78 Å². The fourth-order valence-corrected chi connectivity index (χ4v) is 1.92. The van der Waals surface area contributed by atoms with E-state index in [1.807, 2.05) is 12.1 Å². The molecule has 0 bridgehead atoms. The van der Waals surface area contributed by atoms with Crippen molar-refractivity contribution in [3.05, 3.63) is 59.4 Å². The van der Waals surface area contributed by atoms with Gasteiger partial charge in [-0.2, -0.15) is 0 Å². The molecule has 2 N–H and O–H groups in total. The van der Waals surface area contributed by atoms with Crippen LogP contribution in [0.1, 0.15) is 15.9 Å². The van der Waals surface area contributed by atoms with Crippen LogP contribution in [0.3, 0.4) is 0 Å². The van der Waals surface area contributed by atoms with E-state index in [4.69, 9.17) is 5.73 Å². The van der Waals surface area contributed by atoms with Gasteiger partial charge >= 0.3 is 0 Å². The van der Waals surface area contributed by atoms with Crippen LogP contribution in [0.4, 0.5) is 14.5 Å². The number of amides is 1. The summed E-state index contributed by atoms with van der Waals surface area (Å²) in [4.78, 5) is 17.4. The number of carbonyl (C=O) groups excluding carboxylic acids is 1. The number of nitrogens with zero attached hydrogens (tertiary/aromatic N) is 2. The average Bonchev–Trinajstić information content (AvgIpc) is 2.48. The Kier molecular flexibility index (Phi) is 4.47. The zero-order valence-corrected chi connectivity index (χ0v) is 11.5. The van der Waals surface area contributed by atoms with Crippen molar-refractivity contribution in [1.29, 1.82) is 0 Å². The number of rotatable bonds is 4. The van der Waals surface area contributed by atoms with Gasteiger partial charge in [0.15, 0.2) is 5.82 Å². The molecule has 6 heteroatoms. The highest BCUT2D eigenvalue weighted by atomic mass is 19.1. The molecule has 1 aromatic carbocycles. The van der Waals surface area contributed by atoms with E-state index in [1.54, 1.807) is 12.4 Å². The number of hydrogen-bond acceptors (Lipinski definition) is 3. The Morgan fingerprint density at radius 3 is 2.62 bits per heavy atom. The van der Waals surface area contributed by atoms with E-state index >= 15 is 0 Å². The number of aromatic nitrogens is 1. The third-order valence-corrected chi connectivity index (χ3v) is 3.13. The Hall–Kier alpha value is -2.50. The molecule has 0 aliphatic carbocycles. The molecule has 0 saturated heterocycles. The van der Waals surface area contributed by atoms with E-state index in [1.165, 1.54) is 11.9 Å². The van der Waals surface area contributed by atoms with Crippen LogP contribution in [0.25, 0.3) is 0 Å². The number of pyridine rings is 1. The molecule has 0 aliphatic rings. The van der Waals surface area contributed by atoms with Gasteiger partial charge in [-0.1, -0.05) is 0 Å². The van der Waals surface area contributed by atoms with Crippen molar-refractivity contribution < 1.29 is 13.6 Å². The van der Waals surface area contributed by atoms with Crippen molar-refractivity contribution >= 4 is 11.6 Å². The van der Waals surface area contributed by atoms with Crippen LogP contribution in [0.5, 0.6) is 0 Å². The fraction of sp³-hybridized carbons (Fsp3) is 0.200. The third-order valence-electron chi connectivity index (χ3n) is 3.13. The number of halogens is 2. The van der Waals surface area contributed by atoms with E-state index in [9.17, 15) is 13.6 Å². The summed E-state index contributed by atoms with van der Waals surface area (Å²) < 4.78 is 27.1. The second-order valence-electron chi connectivity index (χ2n) is 4.69. The molecule has 0 atom stereocenters.